The number of thiocarbonyl (C=S) groups is 1. The highest BCUT2D eigenvalue weighted by atomic mass is 32.1. The Hall–Kier alpha value is -2.27. The number of hydrogen-bond donors (Lipinski definition) is 2. The molecule has 0 fully saturated rings. The van der Waals surface area contributed by atoms with E-state index >= 15 is 0 Å². The van der Waals surface area contributed by atoms with Crippen LogP contribution in [0.25, 0.3) is 0 Å². The lowest BCUT2D eigenvalue weighted by atomic mass is 9.93. The van der Waals surface area contributed by atoms with Gasteiger partial charge >= 0.3 is 0 Å². The number of anilines is 2. The fraction of sp³-hybridized carbons (Fsp3) is 0.381. The maximum atomic E-state index is 5.57. The first kappa shape index (κ1) is 20.0. The molecule has 4 nitrogen and oxygen atoms in total. The Morgan fingerprint density at radius 1 is 0.885 bits per heavy atom. The Morgan fingerprint density at radius 3 is 2.00 bits per heavy atom. The summed E-state index contributed by atoms with van der Waals surface area (Å²) in [6.07, 6.45) is 0. The molecule has 0 aliphatic carbocycles. The number of benzene rings is 2. The quantitative estimate of drug-likeness (QED) is 0.631. The zero-order valence-electron chi connectivity index (χ0n) is 16.3. The van der Waals surface area contributed by atoms with Gasteiger partial charge in [0.25, 0.3) is 0 Å². The standard InChI is InChI=1S/C21H28N2O2S/c1-13(2)16-8-7-9-17(14(3)4)20(16)23-21(26)22-18-11-10-15(24-5)12-19(18)25-6/h7-14H,1-6H3,(H2,22,23,26). The van der Waals surface area contributed by atoms with E-state index in [1.807, 2.05) is 18.2 Å². The molecule has 2 rings (SSSR count). The molecule has 0 radical (unpaired) electrons. The number of ether oxygens (including phenoxy) is 2. The smallest absolute Gasteiger partial charge is 0.175 e. The third-order valence-electron chi connectivity index (χ3n) is 4.27. The van der Waals surface area contributed by atoms with Gasteiger partial charge in [0.15, 0.2) is 5.11 Å². The summed E-state index contributed by atoms with van der Waals surface area (Å²) in [6, 6.07) is 12.0. The average molecular weight is 373 g/mol. The van der Waals surface area contributed by atoms with Crippen LogP contribution in [-0.2, 0) is 0 Å². The van der Waals surface area contributed by atoms with E-state index in [1.54, 1.807) is 14.2 Å². The SMILES string of the molecule is COc1ccc(NC(=S)Nc2c(C(C)C)cccc2C(C)C)c(OC)c1. The predicted molar refractivity (Wildman–Crippen MR) is 114 cm³/mol. The van der Waals surface area contributed by atoms with Crippen LogP contribution in [0.1, 0.15) is 50.7 Å². The van der Waals surface area contributed by atoms with Crippen molar-refractivity contribution in [2.24, 2.45) is 0 Å². The minimum Gasteiger partial charge on any atom is -0.497 e. The lowest BCUT2D eigenvalue weighted by Gasteiger charge is -2.22. The van der Waals surface area contributed by atoms with Crippen LogP contribution in [0.3, 0.4) is 0 Å². The Morgan fingerprint density at radius 2 is 1.50 bits per heavy atom. The summed E-state index contributed by atoms with van der Waals surface area (Å²) in [4.78, 5) is 0. The summed E-state index contributed by atoms with van der Waals surface area (Å²) >= 11 is 5.57. The fourth-order valence-corrected chi connectivity index (χ4v) is 3.08. The number of rotatable bonds is 6. The Bertz CT molecular complexity index is 746. The maximum absolute atomic E-state index is 5.57. The van der Waals surface area contributed by atoms with Crippen molar-refractivity contribution in [2.75, 3.05) is 24.9 Å². The van der Waals surface area contributed by atoms with E-state index in [0.717, 1.165) is 17.1 Å². The Balaban J connectivity index is 2.28. The van der Waals surface area contributed by atoms with Crippen molar-refractivity contribution < 1.29 is 9.47 Å². The molecule has 0 atom stereocenters. The first-order valence-electron chi connectivity index (χ1n) is 8.80. The number of nitrogens with one attached hydrogen (secondary N) is 2. The van der Waals surface area contributed by atoms with E-state index in [9.17, 15) is 0 Å². The van der Waals surface area contributed by atoms with Gasteiger partial charge in [-0.2, -0.15) is 0 Å². The largest absolute Gasteiger partial charge is 0.497 e. The highest BCUT2D eigenvalue weighted by Crippen LogP contribution is 2.33. The molecule has 0 aliphatic heterocycles. The predicted octanol–water partition coefficient (Wildman–Crippen LogP) is 5.76. The highest BCUT2D eigenvalue weighted by molar-refractivity contribution is 7.80. The fourth-order valence-electron chi connectivity index (χ4n) is 2.86. The minimum atomic E-state index is 0.398. The van der Waals surface area contributed by atoms with Gasteiger partial charge in [0, 0.05) is 11.8 Å². The zero-order chi connectivity index (χ0) is 19.3. The summed E-state index contributed by atoms with van der Waals surface area (Å²) in [6.45, 7) is 8.75. The second-order valence-electron chi connectivity index (χ2n) is 6.77. The summed E-state index contributed by atoms with van der Waals surface area (Å²) in [5, 5.41) is 7.17. The van der Waals surface area contributed by atoms with Crippen molar-refractivity contribution >= 4 is 28.7 Å². The summed E-state index contributed by atoms with van der Waals surface area (Å²) in [5.74, 6) is 2.21. The molecular formula is C21H28N2O2S. The van der Waals surface area contributed by atoms with Crippen molar-refractivity contribution in [2.45, 2.75) is 39.5 Å². The molecule has 2 aromatic rings. The third kappa shape index (κ3) is 4.67. The molecule has 0 saturated heterocycles. The van der Waals surface area contributed by atoms with Gasteiger partial charge in [-0.3, -0.25) is 0 Å². The van der Waals surface area contributed by atoms with Crippen LogP contribution in [0.2, 0.25) is 0 Å². The lowest BCUT2D eigenvalue weighted by Crippen LogP contribution is -2.21. The van der Waals surface area contributed by atoms with E-state index in [0.29, 0.717) is 22.7 Å². The Kier molecular flexibility index (Phi) is 6.86. The summed E-state index contributed by atoms with van der Waals surface area (Å²) in [5.41, 5.74) is 4.38. The van der Waals surface area contributed by atoms with Gasteiger partial charge in [-0.05, 0) is 47.3 Å². The lowest BCUT2D eigenvalue weighted by molar-refractivity contribution is 0.395. The normalized spacial score (nSPS) is 10.8. The molecular weight excluding hydrogens is 344 g/mol. The van der Waals surface area contributed by atoms with Gasteiger partial charge in [0.1, 0.15) is 11.5 Å². The van der Waals surface area contributed by atoms with Gasteiger partial charge in [-0.1, -0.05) is 45.9 Å². The van der Waals surface area contributed by atoms with Crippen LogP contribution in [0.4, 0.5) is 11.4 Å². The van der Waals surface area contributed by atoms with Crippen molar-refractivity contribution in [1.82, 2.24) is 0 Å². The molecule has 0 amide bonds. The van der Waals surface area contributed by atoms with Crippen LogP contribution in [0, 0.1) is 0 Å². The van der Waals surface area contributed by atoms with Gasteiger partial charge in [0.2, 0.25) is 0 Å². The molecule has 2 N–H and O–H groups in total. The minimum absolute atomic E-state index is 0.398. The molecule has 26 heavy (non-hydrogen) atoms. The van der Waals surface area contributed by atoms with Crippen LogP contribution < -0.4 is 20.1 Å². The van der Waals surface area contributed by atoms with Crippen LogP contribution in [0.15, 0.2) is 36.4 Å². The average Bonchev–Trinajstić information content (AvgIpc) is 2.61. The number of para-hydroxylation sites is 1. The summed E-state index contributed by atoms with van der Waals surface area (Å²) < 4.78 is 10.7. The molecule has 140 valence electrons. The zero-order valence-corrected chi connectivity index (χ0v) is 17.2. The van der Waals surface area contributed by atoms with E-state index in [-0.39, 0.29) is 0 Å². The topological polar surface area (TPSA) is 42.5 Å². The van der Waals surface area contributed by atoms with Crippen molar-refractivity contribution in [1.29, 1.82) is 0 Å². The van der Waals surface area contributed by atoms with Crippen molar-refractivity contribution in [3.05, 3.63) is 47.5 Å². The first-order chi connectivity index (χ1) is 12.4. The van der Waals surface area contributed by atoms with Crippen molar-refractivity contribution in [3.63, 3.8) is 0 Å². The second kappa shape index (κ2) is 8.90. The molecule has 0 aromatic heterocycles. The van der Waals surface area contributed by atoms with Gasteiger partial charge < -0.3 is 20.1 Å². The molecule has 0 heterocycles. The van der Waals surface area contributed by atoms with Crippen LogP contribution in [0.5, 0.6) is 11.5 Å². The molecule has 2 aromatic carbocycles. The molecule has 5 heteroatoms. The van der Waals surface area contributed by atoms with Crippen molar-refractivity contribution in [3.8, 4) is 11.5 Å². The molecule has 0 spiro atoms. The van der Waals surface area contributed by atoms with E-state index < -0.39 is 0 Å². The number of methoxy groups -OCH3 is 2. The second-order valence-corrected chi connectivity index (χ2v) is 7.17. The van der Waals surface area contributed by atoms with E-state index in [4.69, 9.17) is 21.7 Å². The molecule has 0 aliphatic rings. The van der Waals surface area contributed by atoms with Gasteiger partial charge in [0.05, 0.1) is 19.9 Å². The number of hydrogen-bond acceptors (Lipinski definition) is 3. The maximum Gasteiger partial charge on any atom is 0.175 e. The first-order valence-corrected chi connectivity index (χ1v) is 9.21. The van der Waals surface area contributed by atoms with Gasteiger partial charge in [-0.15, -0.1) is 0 Å². The molecule has 0 bridgehead atoms. The summed E-state index contributed by atoms with van der Waals surface area (Å²) in [7, 11) is 3.26. The highest BCUT2D eigenvalue weighted by Gasteiger charge is 2.15. The van der Waals surface area contributed by atoms with Crippen LogP contribution in [-0.4, -0.2) is 19.3 Å². The van der Waals surface area contributed by atoms with Gasteiger partial charge in [-0.25, -0.2) is 0 Å². The monoisotopic (exact) mass is 372 g/mol. The molecule has 0 unspecified atom stereocenters. The third-order valence-corrected chi connectivity index (χ3v) is 4.47. The van der Waals surface area contributed by atoms with Crippen LogP contribution >= 0.6 is 12.2 Å². The van der Waals surface area contributed by atoms with E-state index in [1.165, 1.54) is 11.1 Å². The Labute approximate surface area is 161 Å². The van der Waals surface area contributed by atoms with E-state index in [2.05, 4.69) is 56.5 Å². The molecule has 0 saturated carbocycles.